The molecule has 1 fully saturated rings. The van der Waals surface area contributed by atoms with E-state index < -0.39 is 43.5 Å². The van der Waals surface area contributed by atoms with E-state index in [1.807, 2.05) is 0 Å². The molecule has 1 saturated heterocycles. The van der Waals surface area contributed by atoms with Crippen molar-refractivity contribution >= 4 is 32.3 Å². The van der Waals surface area contributed by atoms with E-state index >= 15 is 0 Å². The Bertz CT molecular complexity index is 958. The van der Waals surface area contributed by atoms with Gasteiger partial charge in [0.25, 0.3) is 5.16 Å². The molecular weight excluding hydrogens is 391 g/mol. The predicted molar refractivity (Wildman–Crippen MR) is 89.6 cm³/mol. The van der Waals surface area contributed by atoms with Crippen LogP contribution in [0.25, 0.3) is 10.9 Å². The highest BCUT2D eigenvalue weighted by Gasteiger charge is 2.26. The summed E-state index contributed by atoms with van der Waals surface area (Å²) in [7, 11) is -3.89. The van der Waals surface area contributed by atoms with Gasteiger partial charge in [0.15, 0.2) is 11.0 Å². The molecule has 0 aromatic carbocycles. The number of aromatic hydroxyl groups is 1. The largest absolute Gasteiger partial charge is 0.493 e. The number of ether oxygens (including phenoxy) is 1. The molecule has 2 atom stereocenters. The number of sulfone groups is 1. The molecule has 2 aromatic heterocycles. The second-order valence-corrected chi connectivity index (χ2v) is 8.20. The minimum absolute atomic E-state index is 0.0293. The molecule has 3 N–H and O–H groups in total. The summed E-state index contributed by atoms with van der Waals surface area (Å²) in [5, 5.41) is 21.5. The summed E-state index contributed by atoms with van der Waals surface area (Å²) in [5.41, 5.74) is -0.523. The Morgan fingerprint density at radius 2 is 2.12 bits per heavy atom. The van der Waals surface area contributed by atoms with Crippen LogP contribution < -0.4 is 10.1 Å². The van der Waals surface area contributed by atoms with E-state index in [1.165, 1.54) is 0 Å². The normalized spacial score (nSPS) is 21.1. The van der Waals surface area contributed by atoms with Crippen LogP contribution in [0.2, 0.25) is 5.15 Å². The van der Waals surface area contributed by atoms with Gasteiger partial charge in [0.2, 0.25) is 21.6 Å². The van der Waals surface area contributed by atoms with Gasteiger partial charge in [-0.3, -0.25) is 0 Å². The van der Waals surface area contributed by atoms with Gasteiger partial charge < -0.3 is 20.3 Å². The molecule has 12 heteroatoms. The van der Waals surface area contributed by atoms with Crippen LogP contribution in [0.1, 0.15) is 12.8 Å². The van der Waals surface area contributed by atoms with Gasteiger partial charge in [0, 0.05) is 6.26 Å². The molecule has 3 heterocycles. The topological polar surface area (TPSA) is 135 Å². The molecule has 3 rings (SSSR count). The van der Waals surface area contributed by atoms with Gasteiger partial charge in [-0.1, -0.05) is 11.6 Å². The number of fused-ring (bicyclic) bond motifs is 1. The number of nitrogens with one attached hydrogen (secondary N) is 1. The summed E-state index contributed by atoms with van der Waals surface area (Å²) < 4.78 is 43.0. The molecule has 0 amide bonds. The molecule has 2 aromatic rings. The maximum absolute atomic E-state index is 14.3. The third-order valence-electron chi connectivity index (χ3n) is 3.95. The first-order valence-corrected chi connectivity index (χ1v) is 9.95. The quantitative estimate of drug-likeness (QED) is 0.487. The van der Waals surface area contributed by atoms with Crippen molar-refractivity contribution in [1.29, 1.82) is 0 Å². The highest BCUT2D eigenvalue weighted by Crippen LogP contribution is 2.34. The molecule has 0 bridgehead atoms. The van der Waals surface area contributed by atoms with E-state index in [1.54, 1.807) is 0 Å². The van der Waals surface area contributed by atoms with Gasteiger partial charge in [0.1, 0.15) is 17.5 Å². The van der Waals surface area contributed by atoms with Crippen molar-refractivity contribution in [3.63, 3.8) is 0 Å². The maximum Gasteiger partial charge on any atom is 0.250 e. The number of piperidine rings is 1. The highest BCUT2D eigenvalue weighted by atomic mass is 35.5. The fourth-order valence-corrected chi connectivity index (χ4v) is 3.30. The van der Waals surface area contributed by atoms with Crippen LogP contribution in [-0.4, -0.2) is 65.1 Å². The Labute approximate surface area is 153 Å². The van der Waals surface area contributed by atoms with E-state index in [2.05, 4.69) is 20.3 Å². The standard InChI is InChI=1S/C14H16ClFN4O5S/c1-26(23,24)14-18-10-8(12(22)20-14)13(19-11(15)9(10)16)25-5-6-7(21)3-2-4-17-6/h6-7,17,21H,2-5H2,1H3,(H,18,20,22)/t6-,7-/m1/s1. The summed E-state index contributed by atoms with van der Waals surface area (Å²) in [6.07, 6.45) is 1.62. The fourth-order valence-electron chi connectivity index (χ4n) is 2.62. The summed E-state index contributed by atoms with van der Waals surface area (Å²) >= 11 is 5.74. The van der Waals surface area contributed by atoms with E-state index in [9.17, 15) is 23.0 Å². The smallest absolute Gasteiger partial charge is 0.250 e. The number of nitrogens with zero attached hydrogens (tertiary/aromatic N) is 3. The van der Waals surface area contributed by atoms with Crippen LogP contribution in [0.15, 0.2) is 5.16 Å². The number of rotatable bonds is 4. The van der Waals surface area contributed by atoms with Crippen molar-refractivity contribution in [3.05, 3.63) is 11.0 Å². The lowest BCUT2D eigenvalue weighted by atomic mass is 10.0. The Kier molecular flexibility index (Phi) is 5.15. The van der Waals surface area contributed by atoms with Gasteiger partial charge in [0.05, 0.1) is 12.1 Å². The second-order valence-electron chi connectivity index (χ2n) is 5.93. The molecule has 0 saturated carbocycles. The lowest BCUT2D eigenvalue weighted by molar-refractivity contribution is 0.0700. The van der Waals surface area contributed by atoms with E-state index in [0.717, 1.165) is 12.7 Å². The van der Waals surface area contributed by atoms with E-state index in [-0.39, 0.29) is 23.9 Å². The number of aliphatic hydroxyl groups excluding tert-OH is 1. The number of halogens is 2. The Morgan fingerprint density at radius 1 is 1.38 bits per heavy atom. The molecule has 142 valence electrons. The zero-order valence-electron chi connectivity index (χ0n) is 13.6. The van der Waals surface area contributed by atoms with Gasteiger partial charge in [-0.25, -0.2) is 17.8 Å². The predicted octanol–water partition coefficient (Wildman–Crippen LogP) is 0.418. The number of hydrogen-bond acceptors (Lipinski definition) is 9. The van der Waals surface area contributed by atoms with E-state index in [4.69, 9.17) is 16.3 Å². The number of hydrogen-bond donors (Lipinski definition) is 3. The van der Waals surface area contributed by atoms with Gasteiger partial charge in [-0.05, 0) is 19.4 Å². The van der Waals surface area contributed by atoms with Crippen molar-refractivity contribution in [2.45, 2.75) is 30.1 Å². The molecule has 26 heavy (non-hydrogen) atoms. The minimum Gasteiger partial charge on any atom is -0.493 e. The minimum atomic E-state index is -3.89. The highest BCUT2D eigenvalue weighted by molar-refractivity contribution is 7.90. The monoisotopic (exact) mass is 406 g/mol. The van der Waals surface area contributed by atoms with Crippen LogP contribution in [0.3, 0.4) is 0 Å². The zero-order valence-corrected chi connectivity index (χ0v) is 15.2. The van der Waals surface area contributed by atoms with Gasteiger partial charge in [-0.15, -0.1) is 0 Å². The van der Waals surface area contributed by atoms with Crippen molar-refractivity contribution in [1.82, 2.24) is 20.3 Å². The fraction of sp³-hybridized carbons (Fsp3) is 0.500. The van der Waals surface area contributed by atoms with Crippen molar-refractivity contribution in [2.24, 2.45) is 0 Å². The third kappa shape index (κ3) is 3.65. The molecule has 0 unspecified atom stereocenters. The average molecular weight is 407 g/mol. The third-order valence-corrected chi connectivity index (χ3v) is 5.05. The van der Waals surface area contributed by atoms with Crippen molar-refractivity contribution in [2.75, 3.05) is 19.4 Å². The summed E-state index contributed by atoms with van der Waals surface area (Å²) in [6, 6.07) is -0.386. The van der Waals surface area contributed by atoms with Crippen LogP contribution in [0.5, 0.6) is 11.8 Å². The van der Waals surface area contributed by atoms with Crippen LogP contribution in [-0.2, 0) is 9.84 Å². The Hall–Kier alpha value is -1.82. The lowest BCUT2D eigenvalue weighted by Crippen LogP contribution is -2.48. The zero-order chi connectivity index (χ0) is 19.1. The Balaban J connectivity index is 2.04. The molecule has 0 spiro atoms. The maximum atomic E-state index is 14.3. The first-order valence-electron chi connectivity index (χ1n) is 7.68. The van der Waals surface area contributed by atoms with E-state index in [0.29, 0.717) is 13.0 Å². The molecule has 0 aliphatic carbocycles. The first kappa shape index (κ1) is 19.0. The number of aromatic nitrogens is 3. The number of aliphatic hydroxyl groups is 1. The van der Waals surface area contributed by atoms with Crippen molar-refractivity contribution < 1.29 is 27.8 Å². The molecule has 9 nitrogen and oxygen atoms in total. The average Bonchev–Trinajstić information content (AvgIpc) is 2.57. The summed E-state index contributed by atoms with van der Waals surface area (Å²) in [5.74, 6) is -2.17. The first-order chi connectivity index (χ1) is 12.2. The van der Waals surface area contributed by atoms with Gasteiger partial charge >= 0.3 is 0 Å². The molecule has 1 aliphatic heterocycles. The Morgan fingerprint density at radius 3 is 2.77 bits per heavy atom. The molecular formula is C14H16ClFN4O5S. The van der Waals surface area contributed by atoms with Crippen LogP contribution in [0, 0.1) is 5.82 Å². The van der Waals surface area contributed by atoms with Crippen LogP contribution >= 0.6 is 11.6 Å². The molecule has 0 radical (unpaired) electrons. The van der Waals surface area contributed by atoms with Crippen LogP contribution in [0.4, 0.5) is 4.39 Å². The second kappa shape index (κ2) is 7.06. The number of pyridine rings is 1. The summed E-state index contributed by atoms with van der Waals surface area (Å²) in [6.45, 7) is 0.675. The summed E-state index contributed by atoms with van der Waals surface area (Å²) in [4.78, 5) is 10.8. The van der Waals surface area contributed by atoms with Gasteiger partial charge in [-0.2, -0.15) is 9.97 Å². The SMILES string of the molecule is CS(=O)(=O)c1nc(O)c2c(OC[C@H]3NCCC[C@H]3O)nc(Cl)c(F)c2n1. The lowest BCUT2D eigenvalue weighted by Gasteiger charge is -2.28. The molecule has 1 aliphatic rings. The van der Waals surface area contributed by atoms with Crippen molar-refractivity contribution in [3.8, 4) is 11.8 Å².